The molecule has 1 heterocycles. The highest BCUT2D eigenvalue weighted by atomic mass is 32.2. The minimum atomic E-state index is -4.01. The maximum Gasteiger partial charge on any atom is 0.295 e. The monoisotopic (exact) mass is 312 g/mol. The second-order valence-electron chi connectivity index (χ2n) is 4.08. The molecule has 0 aliphatic heterocycles. The van der Waals surface area contributed by atoms with Crippen molar-refractivity contribution in [2.45, 2.75) is 11.8 Å². The van der Waals surface area contributed by atoms with E-state index >= 15 is 0 Å². The van der Waals surface area contributed by atoms with Crippen LogP contribution in [0.25, 0.3) is 0 Å². The molecule has 0 amide bonds. The second kappa shape index (κ2) is 5.38. The average molecular weight is 312 g/mol. The summed E-state index contributed by atoms with van der Waals surface area (Å²) in [6.45, 7) is 1.50. The van der Waals surface area contributed by atoms with Crippen molar-refractivity contribution < 1.29 is 13.3 Å². The predicted octanol–water partition coefficient (Wildman–Crippen LogP) is 0.713. The lowest BCUT2D eigenvalue weighted by Crippen LogP contribution is -2.17. The summed E-state index contributed by atoms with van der Waals surface area (Å²) in [5, 5.41) is 11.0. The maximum absolute atomic E-state index is 12.2. The van der Waals surface area contributed by atoms with Crippen LogP contribution in [-0.4, -0.2) is 23.3 Å². The summed E-state index contributed by atoms with van der Waals surface area (Å²) in [4.78, 5) is 16.3. The molecule has 1 aromatic heterocycles. The summed E-state index contributed by atoms with van der Waals surface area (Å²) < 4.78 is 26.7. The SMILES string of the molecule is Cc1cc(NN)c([N+](=O)[O-])cc1S(=O)(=O)Nc1ncc[nH]1. The fraction of sp³-hybridized carbons (Fsp3) is 0.100. The molecule has 1 aromatic carbocycles. The molecule has 0 unspecified atom stereocenters. The molecule has 10 nitrogen and oxygen atoms in total. The van der Waals surface area contributed by atoms with Gasteiger partial charge in [-0.15, -0.1) is 0 Å². The van der Waals surface area contributed by atoms with Gasteiger partial charge in [0, 0.05) is 18.5 Å². The van der Waals surface area contributed by atoms with E-state index in [-0.39, 0.29) is 16.5 Å². The van der Waals surface area contributed by atoms with Crippen LogP contribution in [0.4, 0.5) is 17.3 Å². The van der Waals surface area contributed by atoms with Crippen molar-refractivity contribution in [3.05, 3.63) is 40.2 Å². The predicted molar refractivity (Wildman–Crippen MR) is 75.0 cm³/mol. The van der Waals surface area contributed by atoms with Gasteiger partial charge >= 0.3 is 0 Å². The number of aromatic amines is 1. The Hall–Kier alpha value is -2.66. The highest BCUT2D eigenvalue weighted by Crippen LogP contribution is 2.30. The molecule has 5 N–H and O–H groups in total. The molecule has 0 atom stereocenters. The Morgan fingerprint density at radius 3 is 2.67 bits per heavy atom. The van der Waals surface area contributed by atoms with Crippen LogP contribution in [0.3, 0.4) is 0 Å². The van der Waals surface area contributed by atoms with Crippen molar-refractivity contribution in [3.8, 4) is 0 Å². The third kappa shape index (κ3) is 2.93. The lowest BCUT2D eigenvalue weighted by atomic mass is 10.2. The van der Waals surface area contributed by atoms with Crippen molar-refractivity contribution in [1.82, 2.24) is 9.97 Å². The summed E-state index contributed by atoms with van der Waals surface area (Å²) in [5.41, 5.74) is 2.05. The average Bonchev–Trinajstić information content (AvgIpc) is 2.89. The number of H-pyrrole nitrogens is 1. The number of imidazole rings is 1. The molecule has 0 saturated heterocycles. The zero-order valence-electron chi connectivity index (χ0n) is 10.8. The molecule has 0 aliphatic carbocycles. The molecule has 0 aliphatic rings. The lowest BCUT2D eigenvalue weighted by molar-refractivity contribution is -0.384. The van der Waals surface area contributed by atoms with Crippen LogP contribution < -0.4 is 16.0 Å². The number of sulfonamides is 1. The Labute approximate surface area is 119 Å². The molecule has 0 fully saturated rings. The van der Waals surface area contributed by atoms with E-state index in [0.717, 1.165) is 6.07 Å². The largest absolute Gasteiger partial charge is 0.330 e. The Balaban J connectivity index is 2.52. The molecule has 0 spiro atoms. The number of nitrogens with two attached hydrogens (primary N) is 1. The van der Waals surface area contributed by atoms with Crippen LogP contribution in [0.2, 0.25) is 0 Å². The number of benzene rings is 1. The van der Waals surface area contributed by atoms with Gasteiger partial charge in [-0.25, -0.2) is 18.1 Å². The quantitative estimate of drug-likeness (QED) is 0.360. The minimum absolute atomic E-state index is 0.0121. The molecular weight excluding hydrogens is 300 g/mol. The van der Waals surface area contributed by atoms with Crippen LogP contribution in [0.1, 0.15) is 5.56 Å². The van der Waals surface area contributed by atoms with Gasteiger partial charge in [-0.05, 0) is 18.6 Å². The van der Waals surface area contributed by atoms with Gasteiger partial charge in [-0.1, -0.05) is 0 Å². The Morgan fingerprint density at radius 2 is 2.14 bits per heavy atom. The number of nitrogens with one attached hydrogen (secondary N) is 3. The van der Waals surface area contributed by atoms with Gasteiger partial charge in [-0.3, -0.25) is 16.0 Å². The van der Waals surface area contributed by atoms with Gasteiger partial charge in [0.25, 0.3) is 15.7 Å². The highest BCUT2D eigenvalue weighted by molar-refractivity contribution is 7.92. The number of nitrogens with zero attached hydrogens (tertiary/aromatic N) is 2. The number of aryl methyl sites for hydroxylation is 1. The molecule has 21 heavy (non-hydrogen) atoms. The second-order valence-corrected chi connectivity index (χ2v) is 5.73. The highest BCUT2D eigenvalue weighted by Gasteiger charge is 2.24. The van der Waals surface area contributed by atoms with Gasteiger partial charge < -0.3 is 10.4 Å². The van der Waals surface area contributed by atoms with E-state index in [2.05, 4.69) is 20.1 Å². The summed E-state index contributed by atoms with van der Waals surface area (Å²) in [7, 11) is -4.01. The Morgan fingerprint density at radius 1 is 1.43 bits per heavy atom. The van der Waals surface area contributed by atoms with Crippen molar-refractivity contribution in [1.29, 1.82) is 0 Å². The van der Waals surface area contributed by atoms with E-state index in [1.54, 1.807) is 0 Å². The molecule has 0 radical (unpaired) electrons. The van der Waals surface area contributed by atoms with E-state index in [0.29, 0.717) is 5.56 Å². The number of hydrogen-bond acceptors (Lipinski definition) is 7. The van der Waals surface area contributed by atoms with E-state index in [1.165, 1.54) is 25.4 Å². The number of nitrogen functional groups attached to an aromatic ring is 1. The first-order valence-corrected chi connectivity index (χ1v) is 7.11. The minimum Gasteiger partial charge on any atom is -0.330 e. The van der Waals surface area contributed by atoms with Gasteiger partial charge in [0.05, 0.1) is 9.82 Å². The molecule has 2 rings (SSSR count). The van der Waals surface area contributed by atoms with Gasteiger partial charge in [0.15, 0.2) is 0 Å². The normalized spacial score (nSPS) is 11.1. The van der Waals surface area contributed by atoms with Crippen LogP contribution in [0.15, 0.2) is 29.4 Å². The van der Waals surface area contributed by atoms with Crippen molar-refractivity contribution in [2.24, 2.45) is 5.84 Å². The topological polar surface area (TPSA) is 156 Å². The zero-order chi connectivity index (χ0) is 15.6. The number of hydrogen-bond donors (Lipinski definition) is 4. The summed E-state index contributed by atoms with van der Waals surface area (Å²) >= 11 is 0. The fourth-order valence-corrected chi connectivity index (χ4v) is 2.96. The van der Waals surface area contributed by atoms with E-state index in [1.807, 2.05) is 0 Å². The third-order valence-electron chi connectivity index (χ3n) is 2.66. The summed E-state index contributed by atoms with van der Waals surface area (Å²) in [5.74, 6) is 5.20. The molecule has 11 heteroatoms. The standard InChI is InChI=1S/C10H12N6O4S/c1-6-4-7(14-11)8(16(17)18)5-9(6)21(19,20)15-10-12-2-3-13-10/h2-5,14H,11H2,1H3,(H2,12,13,15). The molecule has 112 valence electrons. The van der Waals surface area contributed by atoms with E-state index in [4.69, 9.17) is 5.84 Å². The van der Waals surface area contributed by atoms with E-state index in [9.17, 15) is 18.5 Å². The van der Waals surface area contributed by atoms with Gasteiger partial charge in [-0.2, -0.15) is 0 Å². The Kier molecular flexibility index (Phi) is 3.78. The summed E-state index contributed by atoms with van der Waals surface area (Å²) in [6, 6.07) is 2.23. The smallest absolute Gasteiger partial charge is 0.295 e. The van der Waals surface area contributed by atoms with Gasteiger partial charge in [0.2, 0.25) is 5.95 Å². The fourth-order valence-electron chi connectivity index (χ4n) is 1.74. The summed E-state index contributed by atoms with van der Waals surface area (Å²) in [6.07, 6.45) is 2.81. The van der Waals surface area contributed by atoms with Crippen LogP contribution in [0, 0.1) is 17.0 Å². The van der Waals surface area contributed by atoms with Gasteiger partial charge in [0.1, 0.15) is 5.69 Å². The Bertz CT molecular complexity index is 771. The lowest BCUT2D eigenvalue weighted by Gasteiger charge is -2.10. The maximum atomic E-state index is 12.2. The van der Waals surface area contributed by atoms with Crippen molar-refractivity contribution in [3.63, 3.8) is 0 Å². The first-order chi connectivity index (χ1) is 9.85. The number of hydrazine groups is 1. The van der Waals surface area contributed by atoms with Crippen LogP contribution in [-0.2, 0) is 10.0 Å². The molecular formula is C10H12N6O4S. The number of nitro groups is 1. The number of anilines is 2. The first kappa shape index (κ1) is 14.7. The van der Waals surface area contributed by atoms with Crippen molar-refractivity contribution in [2.75, 3.05) is 10.1 Å². The van der Waals surface area contributed by atoms with Crippen LogP contribution in [0.5, 0.6) is 0 Å². The number of aromatic nitrogens is 2. The third-order valence-corrected chi connectivity index (χ3v) is 4.15. The first-order valence-electron chi connectivity index (χ1n) is 5.63. The molecule has 0 saturated carbocycles. The number of nitro benzene ring substituents is 1. The van der Waals surface area contributed by atoms with Crippen LogP contribution >= 0.6 is 0 Å². The van der Waals surface area contributed by atoms with Crippen molar-refractivity contribution >= 4 is 27.3 Å². The number of rotatable bonds is 5. The molecule has 0 bridgehead atoms. The van der Waals surface area contributed by atoms with E-state index < -0.39 is 20.6 Å². The zero-order valence-corrected chi connectivity index (χ0v) is 11.6. The molecule has 2 aromatic rings.